The number of aliphatic hydroxyl groups is 1. The first-order valence-corrected chi connectivity index (χ1v) is 9.29. The van der Waals surface area contributed by atoms with Crippen molar-refractivity contribution in [2.24, 2.45) is 0 Å². The highest BCUT2D eigenvalue weighted by Crippen LogP contribution is 2.26. The number of anilines is 1. The summed E-state index contributed by atoms with van der Waals surface area (Å²) in [7, 11) is -3.84. The van der Waals surface area contributed by atoms with E-state index in [0.717, 1.165) is 6.92 Å². The van der Waals surface area contributed by atoms with Gasteiger partial charge in [-0.05, 0) is 37.3 Å². The van der Waals surface area contributed by atoms with Crippen LogP contribution in [0.4, 0.5) is 5.69 Å². The van der Waals surface area contributed by atoms with Crippen LogP contribution in [0.25, 0.3) is 0 Å². The van der Waals surface area contributed by atoms with Crippen molar-refractivity contribution in [3.8, 4) is 0 Å². The summed E-state index contributed by atoms with van der Waals surface area (Å²) >= 11 is 11.7. The first kappa shape index (κ1) is 18.7. The molecule has 0 bridgehead atoms. The van der Waals surface area contributed by atoms with Crippen LogP contribution in [-0.2, 0) is 14.6 Å². The number of hydrogen-bond acceptors (Lipinski definition) is 4. The number of halogens is 2. The summed E-state index contributed by atoms with van der Waals surface area (Å²) < 4.78 is 24.7. The largest absolute Gasteiger partial charge is 0.379 e. The molecule has 0 fully saturated rings. The first-order chi connectivity index (χ1) is 11.1. The van der Waals surface area contributed by atoms with Gasteiger partial charge in [0, 0.05) is 5.02 Å². The van der Waals surface area contributed by atoms with Gasteiger partial charge in [0.1, 0.15) is 0 Å². The molecule has 0 spiro atoms. The Balaban J connectivity index is 2.19. The Labute approximate surface area is 150 Å². The molecule has 0 saturated heterocycles. The van der Waals surface area contributed by atoms with Gasteiger partial charge in [-0.2, -0.15) is 0 Å². The van der Waals surface area contributed by atoms with E-state index in [-0.39, 0.29) is 15.6 Å². The van der Waals surface area contributed by atoms with Crippen LogP contribution in [0, 0.1) is 0 Å². The molecule has 8 heteroatoms. The molecule has 0 aliphatic heterocycles. The number of sulfone groups is 1. The second kappa shape index (κ2) is 7.11. The van der Waals surface area contributed by atoms with E-state index in [1.165, 1.54) is 30.3 Å². The molecule has 0 heterocycles. The van der Waals surface area contributed by atoms with Crippen molar-refractivity contribution in [3.63, 3.8) is 0 Å². The molecule has 0 radical (unpaired) electrons. The molecule has 1 amide bonds. The molecule has 2 aromatic carbocycles. The van der Waals surface area contributed by atoms with E-state index >= 15 is 0 Å². The minimum absolute atomic E-state index is 0.0302. The predicted molar refractivity (Wildman–Crippen MR) is 94.2 cm³/mol. The van der Waals surface area contributed by atoms with E-state index in [1.54, 1.807) is 18.2 Å². The van der Waals surface area contributed by atoms with Crippen LogP contribution in [0.15, 0.2) is 53.4 Å². The van der Waals surface area contributed by atoms with Crippen LogP contribution in [0.5, 0.6) is 0 Å². The molecular weight excluding hydrogens is 373 g/mol. The van der Waals surface area contributed by atoms with Gasteiger partial charge >= 0.3 is 0 Å². The van der Waals surface area contributed by atoms with Gasteiger partial charge < -0.3 is 10.4 Å². The Morgan fingerprint density at radius 3 is 2.38 bits per heavy atom. The smallest absolute Gasteiger partial charge is 0.257 e. The minimum atomic E-state index is -3.84. The third-order valence-corrected chi connectivity index (χ3v) is 5.72. The number of carbonyl (C=O) groups is 1. The monoisotopic (exact) mass is 387 g/mol. The summed E-state index contributed by atoms with van der Waals surface area (Å²) in [5.41, 5.74) is -1.92. The van der Waals surface area contributed by atoms with E-state index in [1.807, 2.05) is 0 Å². The molecule has 5 nitrogen and oxygen atoms in total. The Morgan fingerprint density at radius 1 is 1.17 bits per heavy atom. The minimum Gasteiger partial charge on any atom is -0.379 e. The second-order valence-electron chi connectivity index (χ2n) is 5.42. The zero-order valence-electron chi connectivity index (χ0n) is 12.7. The maximum absolute atomic E-state index is 12.3. The number of benzene rings is 2. The number of hydrogen-bond donors (Lipinski definition) is 2. The molecule has 2 aromatic rings. The van der Waals surface area contributed by atoms with Crippen LogP contribution in [0.1, 0.15) is 6.92 Å². The number of carbonyl (C=O) groups excluding carboxylic acids is 1. The lowest BCUT2D eigenvalue weighted by molar-refractivity contribution is -0.130. The fourth-order valence-corrected chi connectivity index (χ4v) is 4.06. The fourth-order valence-electron chi connectivity index (χ4n) is 1.99. The van der Waals surface area contributed by atoms with Crippen molar-refractivity contribution in [1.82, 2.24) is 0 Å². The van der Waals surface area contributed by atoms with Gasteiger partial charge in [0.05, 0.1) is 21.4 Å². The standard InChI is InChI=1S/C16H15Cl2NO4S/c1-16(21,10-24(22,23)12-5-3-2-4-6-12)15(20)19-14-8-7-11(17)9-13(14)18/h2-9,21H,10H2,1H3,(H,19,20). The van der Waals surface area contributed by atoms with E-state index < -0.39 is 27.1 Å². The van der Waals surface area contributed by atoms with Gasteiger partial charge in [-0.1, -0.05) is 41.4 Å². The quantitative estimate of drug-likeness (QED) is 0.824. The molecular formula is C16H15Cl2NO4S. The Bertz CT molecular complexity index is 852. The maximum atomic E-state index is 12.3. The van der Waals surface area contributed by atoms with Crippen molar-refractivity contribution < 1.29 is 18.3 Å². The van der Waals surface area contributed by atoms with E-state index in [4.69, 9.17) is 23.2 Å². The first-order valence-electron chi connectivity index (χ1n) is 6.88. The fraction of sp³-hybridized carbons (Fsp3) is 0.188. The van der Waals surface area contributed by atoms with Gasteiger partial charge in [-0.25, -0.2) is 8.42 Å². The molecule has 0 saturated carbocycles. The third-order valence-electron chi connectivity index (χ3n) is 3.24. The number of amides is 1. The Kier molecular flexibility index (Phi) is 5.55. The van der Waals surface area contributed by atoms with E-state index in [0.29, 0.717) is 5.02 Å². The highest BCUT2D eigenvalue weighted by Gasteiger charge is 2.36. The number of nitrogens with one attached hydrogen (secondary N) is 1. The third kappa shape index (κ3) is 4.48. The summed E-state index contributed by atoms with van der Waals surface area (Å²) in [6.07, 6.45) is 0. The van der Waals surface area contributed by atoms with Crippen molar-refractivity contribution in [1.29, 1.82) is 0 Å². The topological polar surface area (TPSA) is 83.5 Å². The van der Waals surface area contributed by atoms with E-state index in [9.17, 15) is 18.3 Å². The second-order valence-corrected chi connectivity index (χ2v) is 8.26. The summed E-state index contributed by atoms with van der Waals surface area (Å²) in [5, 5.41) is 13.3. The lowest BCUT2D eigenvalue weighted by Gasteiger charge is -2.22. The van der Waals surface area contributed by atoms with Crippen molar-refractivity contribution >= 4 is 44.6 Å². The lowest BCUT2D eigenvalue weighted by Crippen LogP contribution is -2.45. The zero-order chi connectivity index (χ0) is 18.0. The summed E-state index contributed by atoms with van der Waals surface area (Å²) in [5.74, 6) is -1.65. The van der Waals surface area contributed by atoms with Crippen LogP contribution in [0.2, 0.25) is 10.0 Å². The van der Waals surface area contributed by atoms with Crippen molar-refractivity contribution in [3.05, 3.63) is 58.6 Å². The van der Waals surface area contributed by atoms with Crippen LogP contribution in [0.3, 0.4) is 0 Å². The van der Waals surface area contributed by atoms with Crippen LogP contribution < -0.4 is 5.32 Å². The maximum Gasteiger partial charge on any atom is 0.257 e. The van der Waals surface area contributed by atoms with Gasteiger partial charge in [-0.15, -0.1) is 0 Å². The molecule has 24 heavy (non-hydrogen) atoms. The van der Waals surface area contributed by atoms with Crippen molar-refractivity contribution in [2.75, 3.05) is 11.1 Å². The number of rotatable bonds is 5. The predicted octanol–water partition coefficient (Wildman–Crippen LogP) is 3.16. The van der Waals surface area contributed by atoms with Gasteiger partial charge in [0.25, 0.3) is 5.91 Å². The average molecular weight is 388 g/mol. The molecule has 2 N–H and O–H groups in total. The zero-order valence-corrected chi connectivity index (χ0v) is 15.0. The highest BCUT2D eigenvalue weighted by atomic mass is 35.5. The molecule has 2 rings (SSSR count). The SMILES string of the molecule is CC(O)(CS(=O)(=O)c1ccccc1)C(=O)Nc1ccc(Cl)cc1Cl. The van der Waals surface area contributed by atoms with E-state index in [2.05, 4.69) is 5.32 Å². The molecule has 0 aliphatic carbocycles. The molecule has 1 unspecified atom stereocenters. The molecule has 0 aromatic heterocycles. The van der Waals surface area contributed by atoms with Gasteiger partial charge in [0.2, 0.25) is 0 Å². The van der Waals surface area contributed by atoms with Crippen molar-refractivity contribution in [2.45, 2.75) is 17.4 Å². The Hall–Kier alpha value is -1.60. The van der Waals surface area contributed by atoms with Gasteiger partial charge in [0.15, 0.2) is 15.4 Å². The summed E-state index contributed by atoms with van der Waals surface area (Å²) in [6, 6.07) is 12.0. The molecule has 0 aliphatic rings. The molecule has 128 valence electrons. The normalized spacial score (nSPS) is 14.0. The lowest BCUT2D eigenvalue weighted by atomic mass is 10.1. The molecule has 1 atom stereocenters. The van der Waals surface area contributed by atoms with Gasteiger partial charge in [-0.3, -0.25) is 4.79 Å². The summed E-state index contributed by atoms with van der Waals surface area (Å²) in [6.45, 7) is 1.13. The summed E-state index contributed by atoms with van der Waals surface area (Å²) in [4.78, 5) is 12.3. The highest BCUT2D eigenvalue weighted by molar-refractivity contribution is 7.91. The Morgan fingerprint density at radius 2 is 1.79 bits per heavy atom. The average Bonchev–Trinajstić information content (AvgIpc) is 2.50. The van der Waals surface area contributed by atoms with Crippen LogP contribution >= 0.6 is 23.2 Å². The van der Waals surface area contributed by atoms with Crippen LogP contribution in [-0.4, -0.2) is 30.8 Å².